The highest BCUT2D eigenvalue weighted by molar-refractivity contribution is 5.96. The molecule has 0 aliphatic heterocycles. The highest BCUT2D eigenvalue weighted by atomic mass is 16.1. The molecule has 0 N–H and O–H groups in total. The van der Waals surface area contributed by atoms with Gasteiger partial charge in [-0.25, -0.2) is 22.8 Å². The molecule has 3 nitrogen and oxygen atoms in total. The van der Waals surface area contributed by atoms with Gasteiger partial charge in [-0.1, -0.05) is 30.3 Å². The Balaban J connectivity index is 2.71. The number of carbonyl (C=O) groups is 1. The Hall–Kier alpha value is -2.13. The molecule has 0 fully saturated rings. The zero-order chi connectivity index (χ0) is 10.4. The summed E-state index contributed by atoms with van der Waals surface area (Å²) < 4.78 is 0. The molecular weight excluding hydrogens is 176 g/mol. The lowest BCUT2D eigenvalue weighted by Gasteiger charge is -1.95. The van der Waals surface area contributed by atoms with Crippen LogP contribution in [0.2, 0.25) is 0 Å². The number of benzene rings is 1. The highest BCUT2D eigenvalue weighted by Gasteiger charge is 2.21. The van der Waals surface area contributed by atoms with E-state index in [1.165, 1.54) is 0 Å². The molecular formula is C11H8N2O. The van der Waals surface area contributed by atoms with Crippen LogP contribution >= 0.6 is 0 Å². The Bertz CT molecular complexity index is 384. The minimum atomic E-state index is -0.872. The van der Waals surface area contributed by atoms with E-state index in [-0.39, 0.29) is 12.2 Å². The van der Waals surface area contributed by atoms with E-state index in [1.807, 2.05) is 6.07 Å². The van der Waals surface area contributed by atoms with Crippen molar-refractivity contribution in [2.75, 3.05) is 0 Å². The van der Waals surface area contributed by atoms with Crippen molar-refractivity contribution in [1.82, 2.24) is 0 Å². The predicted molar refractivity (Wildman–Crippen MR) is 52.4 cm³/mol. The van der Waals surface area contributed by atoms with Gasteiger partial charge in [0, 0.05) is 5.56 Å². The summed E-state index contributed by atoms with van der Waals surface area (Å²) in [6, 6.07) is 8.72. The molecule has 0 radical (unpaired) electrons. The zero-order valence-electron chi connectivity index (χ0n) is 7.47. The Morgan fingerprint density at radius 1 is 1.21 bits per heavy atom. The number of rotatable bonds is 3. The summed E-state index contributed by atoms with van der Waals surface area (Å²) >= 11 is 0. The average molecular weight is 184 g/mol. The van der Waals surface area contributed by atoms with Gasteiger partial charge in [-0.3, -0.25) is 4.79 Å². The third-order valence-corrected chi connectivity index (χ3v) is 1.76. The third-order valence-electron chi connectivity index (χ3n) is 1.76. The maximum Gasteiger partial charge on any atom is 0.481 e. The first-order chi connectivity index (χ1) is 6.77. The Kier molecular flexibility index (Phi) is 3.41. The molecule has 0 spiro atoms. The van der Waals surface area contributed by atoms with E-state index in [0.29, 0.717) is 5.56 Å². The van der Waals surface area contributed by atoms with E-state index in [0.717, 1.165) is 0 Å². The summed E-state index contributed by atoms with van der Waals surface area (Å²) in [4.78, 5) is 17.6. The van der Waals surface area contributed by atoms with E-state index in [2.05, 4.69) is 9.69 Å². The van der Waals surface area contributed by atoms with E-state index >= 15 is 0 Å². The van der Waals surface area contributed by atoms with E-state index in [9.17, 15) is 4.79 Å². The summed E-state index contributed by atoms with van der Waals surface area (Å²) in [7, 11) is 0. The van der Waals surface area contributed by atoms with Crippen LogP contribution in [0.3, 0.4) is 0 Å². The largest absolute Gasteiger partial charge is 0.481 e. The van der Waals surface area contributed by atoms with Crippen molar-refractivity contribution >= 4 is 5.78 Å². The number of carbonyl (C=O) groups excluding carboxylic acids is 1. The minimum absolute atomic E-state index is 0.0169. The van der Waals surface area contributed by atoms with Crippen LogP contribution in [0.5, 0.6) is 0 Å². The molecule has 0 amide bonds. The predicted octanol–water partition coefficient (Wildman–Crippen LogP) is 2.42. The van der Waals surface area contributed by atoms with Gasteiger partial charge >= 0.3 is 6.17 Å². The maximum absolute atomic E-state index is 11.5. The molecule has 3 heteroatoms. The molecule has 0 aromatic heterocycles. The van der Waals surface area contributed by atoms with Gasteiger partial charge in [0.15, 0.2) is 12.2 Å². The standard InChI is InChI=1S/C11H8N2O/c1-12-11(13-2)8-10(14)9-6-4-3-5-7-9/h3-7,11H,8H2. The fourth-order valence-corrected chi connectivity index (χ4v) is 1.03. The van der Waals surface area contributed by atoms with Crippen molar-refractivity contribution in [2.24, 2.45) is 0 Å². The third kappa shape index (κ3) is 2.43. The second-order valence-corrected chi connectivity index (χ2v) is 2.73. The fraction of sp³-hybridized carbons (Fsp3) is 0.182. The number of hydrogen-bond acceptors (Lipinski definition) is 1. The topological polar surface area (TPSA) is 25.8 Å². The molecule has 0 unspecified atom stereocenters. The summed E-state index contributed by atoms with van der Waals surface area (Å²) in [6.07, 6.45) is -0.889. The second-order valence-electron chi connectivity index (χ2n) is 2.73. The van der Waals surface area contributed by atoms with Crippen LogP contribution in [0, 0.1) is 13.1 Å². The smallest absolute Gasteiger partial charge is 0.293 e. The molecule has 68 valence electrons. The number of ketones is 1. The van der Waals surface area contributed by atoms with Crippen molar-refractivity contribution in [3.63, 3.8) is 0 Å². The Morgan fingerprint density at radius 3 is 2.29 bits per heavy atom. The van der Waals surface area contributed by atoms with Crippen LogP contribution < -0.4 is 0 Å². The molecule has 0 saturated heterocycles. The lowest BCUT2D eigenvalue weighted by molar-refractivity contribution is 0.0982. The number of nitrogens with zero attached hydrogens (tertiary/aromatic N) is 2. The van der Waals surface area contributed by atoms with Crippen LogP contribution in [-0.2, 0) is 0 Å². The molecule has 0 saturated carbocycles. The van der Waals surface area contributed by atoms with Gasteiger partial charge < -0.3 is 0 Å². The van der Waals surface area contributed by atoms with Gasteiger partial charge in [0.2, 0.25) is 0 Å². The van der Waals surface area contributed by atoms with Gasteiger partial charge in [-0.05, 0) is 0 Å². The second kappa shape index (κ2) is 4.79. The molecule has 14 heavy (non-hydrogen) atoms. The van der Waals surface area contributed by atoms with Gasteiger partial charge in [-0.2, -0.15) is 0 Å². The van der Waals surface area contributed by atoms with Crippen LogP contribution in [0.15, 0.2) is 30.3 Å². The van der Waals surface area contributed by atoms with Gasteiger partial charge in [0.05, 0.1) is 0 Å². The highest BCUT2D eigenvalue weighted by Crippen LogP contribution is 2.08. The molecule has 1 aromatic carbocycles. The van der Waals surface area contributed by atoms with E-state index < -0.39 is 6.17 Å². The van der Waals surface area contributed by atoms with Crippen LogP contribution in [-0.4, -0.2) is 11.9 Å². The summed E-state index contributed by atoms with van der Waals surface area (Å²) in [5.41, 5.74) is 0.560. The lowest BCUT2D eigenvalue weighted by atomic mass is 10.1. The summed E-state index contributed by atoms with van der Waals surface area (Å²) in [5.74, 6) is -0.150. The summed E-state index contributed by atoms with van der Waals surface area (Å²) in [5, 5.41) is 0. The fourth-order valence-electron chi connectivity index (χ4n) is 1.03. The van der Waals surface area contributed by atoms with Crippen molar-refractivity contribution in [3.8, 4) is 0 Å². The summed E-state index contributed by atoms with van der Waals surface area (Å²) in [6.45, 7) is 13.3. The first kappa shape index (κ1) is 9.95. The van der Waals surface area contributed by atoms with Crippen LogP contribution in [0.25, 0.3) is 9.69 Å². The molecule has 1 aromatic rings. The van der Waals surface area contributed by atoms with E-state index in [1.54, 1.807) is 24.3 Å². The lowest BCUT2D eigenvalue weighted by Crippen LogP contribution is -2.06. The number of Topliss-reactive ketones (excluding diaryl/α,β-unsaturated/α-hetero) is 1. The molecule has 0 bridgehead atoms. The van der Waals surface area contributed by atoms with Crippen molar-refractivity contribution in [2.45, 2.75) is 12.6 Å². The van der Waals surface area contributed by atoms with Crippen LogP contribution in [0.1, 0.15) is 16.8 Å². The SMILES string of the molecule is [C-]#[N+]C(CC(=O)c1ccccc1)[N+]#[C-]. The first-order valence-electron chi connectivity index (χ1n) is 4.09. The maximum atomic E-state index is 11.5. The molecule has 0 atom stereocenters. The normalized spacial score (nSPS) is 9.07. The quantitative estimate of drug-likeness (QED) is 0.523. The van der Waals surface area contributed by atoms with Gasteiger partial charge in [0.25, 0.3) is 0 Å². The molecule has 0 heterocycles. The minimum Gasteiger partial charge on any atom is -0.293 e. The molecule has 1 rings (SSSR count). The monoisotopic (exact) mass is 184 g/mol. The zero-order valence-corrected chi connectivity index (χ0v) is 7.47. The molecule has 0 aliphatic carbocycles. The first-order valence-corrected chi connectivity index (χ1v) is 4.09. The Morgan fingerprint density at radius 2 is 1.79 bits per heavy atom. The Labute approximate surface area is 82.6 Å². The average Bonchev–Trinajstić information content (AvgIpc) is 2.26. The van der Waals surface area contributed by atoms with E-state index in [4.69, 9.17) is 13.1 Å². The van der Waals surface area contributed by atoms with Crippen LogP contribution in [0.4, 0.5) is 0 Å². The van der Waals surface area contributed by atoms with Gasteiger partial charge in [-0.15, -0.1) is 0 Å². The van der Waals surface area contributed by atoms with Crippen molar-refractivity contribution in [3.05, 3.63) is 58.7 Å². The number of hydrogen-bond donors (Lipinski definition) is 0. The van der Waals surface area contributed by atoms with Crippen molar-refractivity contribution in [1.29, 1.82) is 0 Å². The van der Waals surface area contributed by atoms with Crippen molar-refractivity contribution < 1.29 is 4.79 Å². The van der Waals surface area contributed by atoms with Gasteiger partial charge in [0.1, 0.15) is 0 Å². The molecule has 0 aliphatic rings.